The third kappa shape index (κ3) is 6.27. The average molecular weight is 275 g/mol. The van der Waals surface area contributed by atoms with Crippen LogP contribution < -0.4 is 5.32 Å². The molecular weight excluding hydrogens is 250 g/mol. The number of nitrogens with zero attached hydrogens (tertiary/aromatic N) is 2. The lowest BCUT2D eigenvalue weighted by molar-refractivity contribution is 0.469. The Bertz CT molecular complexity index is 409. The first-order valence-electron chi connectivity index (χ1n) is 7.01. The van der Waals surface area contributed by atoms with Gasteiger partial charge in [0.15, 0.2) is 5.96 Å². The molecule has 0 aromatic carbocycles. The highest BCUT2D eigenvalue weighted by Crippen LogP contribution is 2.01. The Morgan fingerprint density at radius 3 is 2.95 bits per heavy atom. The molecule has 0 amide bonds. The molecule has 0 fully saturated rings. The van der Waals surface area contributed by atoms with E-state index in [4.69, 9.17) is 4.42 Å². The van der Waals surface area contributed by atoms with E-state index in [1.807, 2.05) is 31.3 Å². The number of guanidine groups is 1. The molecule has 4 heteroatoms. The number of unbranched alkanes of at least 4 members (excludes halogenated alkanes) is 1. The minimum Gasteiger partial charge on any atom is -0.469 e. The summed E-state index contributed by atoms with van der Waals surface area (Å²) in [5.74, 6) is 1.87. The van der Waals surface area contributed by atoms with Crippen molar-refractivity contribution >= 4 is 5.96 Å². The zero-order chi connectivity index (χ0) is 14.6. The molecule has 110 valence electrons. The maximum absolute atomic E-state index is 5.31. The molecule has 0 atom stereocenters. The van der Waals surface area contributed by atoms with E-state index >= 15 is 0 Å². The zero-order valence-electron chi connectivity index (χ0n) is 12.3. The van der Waals surface area contributed by atoms with Gasteiger partial charge in [-0.25, -0.2) is 0 Å². The molecule has 0 aliphatic heterocycles. The molecule has 0 saturated carbocycles. The smallest absolute Gasteiger partial charge is 0.193 e. The Morgan fingerprint density at radius 2 is 2.30 bits per heavy atom. The average Bonchev–Trinajstić information content (AvgIpc) is 2.96. The van der Waals surface area contributed by atoms with Gasteiger partial charge in [-0.3, -0.25) is 4.99 Å². The van der Waals surface area contributed by atoms with Crippen LogP contribution in [0, 0.1) is 0 Å². The second-order valence-electron chi connectivity index (χ2n) is 4.56. The monoisotopic (exact) mass is 275 g/mol. The number of aliphatic imine (C=N–C) groups is 1. The van der Waals surface area contributed by atoms with Crippen LogP contribution >= 0.6 is 0 Å². The van der Waals surface area contributed by atoms with Gasteiger partial charge in [0.1, 0.15) is 5.76 Å². The standard InChI is InChI=1S/C16H25N3O/c1-4-6-7-13-19(3)16(17-11-5-2)18-12-10-15-9-8-14-20-15/h4-5,8-9,14H,1-2,6-7,10-13H2,3H3,(H,17,18). The molecule has 1 N–H and O–H groups in total. The topological polar surface area (TPSA) is 40.8 Å². The van der Waals surface area contributed by atoms with E-state index in [-0.39, 0.29) is 0 Å². The highest BCUT2D eigenvalue weighted by atomic mass is 16.3. The fourth-order valence-corrected chi connectivity index (χ4v) is 1.78. The van der Waals surface area contributed by atoms with Gasteiger partial charge in [0.05, 0.1) is 6.26 Å². The van der Waals surface area contributed by atoms with Gasteiger partial charge in [0.2, 0.25) is 0 Å². The molecule has 1 rings (SSSR count). The van der Waals surface area contributed by atoms with Crippen LogP contribution in [0.4, 0.5) is 0 Å². The molecule has 0 aliphatic carbocycles. The number of rotatable bonds is 9. The summed E-state index contributed by atoms with van der Waals surface area (Å²) in [4.78, 5) is 6.75. The second-order valence-corrected chi connectivity index (χ2v) is 4.56. The molecule has 0 bridgehead atoms. The zero-order valence-corrected chi connectivity index (χ0v) is 12.3. The number of nitrogens with one attached hydrogen (secondary N) is 1. The first-order valence-corrected chi connectivity index (χ1v) is 7.01. The van der Waals surface area contributed by atoms with Crippen LogP contribution in [0.25, 0.3) is 0 Å². The summed E-state index contributed by atoms with van der Waals surface area (Å²) in [6.45, 7) is 9.84. The minimum atomic E-state index is 0.707. The van der Waals surface area contributed by atoms with Gasteiger partial charge in [-0.15, -0.1) is 13.2 Å². The maximum atomic E-state index is 5.31. The van der Waals surface area contributed by atoms with Gasteiger partial charge < -0.3 is 14.6 Å². The Morgan fingerprint density at radius 1 is 1.45 bits per heavy atom. The summed E-state index contributed by atoms with van der Waals surface area (Å²) in [6.07, 6.45) is 8.38. The Kier molecular flexibility index (Phi) is 7.96. The lowest BCUT2D eigenvalue weighted by atomic mass is 10.3. The van der Waals surface area contributed by atoms with Crippen LogP contribution in [0.5, 0.6) is 0 Å². The molecule has 0 spiro atoms. The largest absolute Gasteiger partial charge is 0.469 e. The van der Waals surface area contributed by atoms with Crippen molar-refractivity contribution in [3.63, 3.8) is 0 Å². The van der Waals surface area contributed by atoms with Gasteiger partial charge in [0.25, 0.3) is 0 Å². The fraction of sp³-hybridized carbons (Fsp3) is 0.438. The molecule has 20 heavy (non-hydrogen) atoms. The number of hydrogen-bond donors (Lipinski definition) is 1. The summed E-state index contributed by atoms with van der Waals surface area (Å²) in [7, 11) is 2.05. The van der Waals surface area contributed by atoms with Crippen molar-refractivity contribution in [3.8, 4) is 0 Å². The van der Waals surface area contributed by atoms with E-state index in [9.17, 15) is 0 Å². The second kappa shape index (κ2) is 9.89. The van der Waals surface area contributed by atoms with E-state index < -0.39 is 0 Å². The highest BCUT2D eigenvalue weighted by molar-refractivity contribution is 5.79. The van der Waals surface area contributed by atoms with Gasteiger partial charge in [-0.05, 0) is 25.0 Å². The van der Waals surface area contributed by atoms with Crippen LogP contribution in [0.15, 0.2) is 53.1 Å². The number of allylic oxidation sites excluding steroid dienone is 1. The van der Waals surface area contributed by atoms with Crippen LogP contribution in [0.2, 0.25) is 0 Å². The van der Waals surface area contributed by atoms with Crippen molar-refractivity contribution in [1.82, 2.24) is 10.2 Å². The van der Waals surface area contributed by atoms with Gasteiger partial charge >= 0.3 is 0 Å². The van der Waals surface area contributed by atoms with Crippen molar-refractivity contribution in [1.29, 1.82) is 0 Å². The van der Waals surface area contributed by atoms with Gasteiger partial charge in [0, 0.05) is 33.1 Å². The van der Waals surface area contributed by atoms with Crippen LogP contribution in [0.1, 0.15) is 18.6 Å². The Balaban J connectivity index is 2.47. The number of furan rings is 1. The van der Waals surface area contributed by atoms with Gasteiger partial charge in [-0.1, -0.05) is 12.2 Å². The molecule has 1 aromatic rings. The van der Waals surface area contributed by atoms with Crippen molar-refractivity contribution in [2.75, 3.05) is 26.7 Å². The third-order valence-electron chi connectivity index (χ3n) is 2.87. The summed E-state index contributed by atoms with van der Waals surface area (Å²) >= 11 is 0. The highest BCUT2D eigenvalue weighted by Gasteiger charge is 2.04. The lowest BCUT2D eigenvalue weighted by Crippen LogP contribution is -2.39. The molecule has 1 aromatic heterocycles. The van der Waals surface area contributed by atoms with Gasteiger partial charge in [-0.2, -0.15) is 0 Å². The minimum absolute atomic E-state index is 0.707. The van der Waals surface area contributed by atoms with Crippen LogP contribution in [-0.4, -0.2) is 37.5 Å². The third-order valence-corrected chi connectivity index (χ3v) is 2.87. The van der Waals surface area contributed by atoms with Crippen LogP contribution in [0.3, 0.4) is 0 Å². The predicted molar refractivity (Wildman–Crippen MR) is 85.0 cm³/mol. The summed E-state index contributed by atoms with van der Waals surface area (Å²) in [5, 5.41) is 3.28. The molecule has 0 unspecified atom stereocenters. The molecule has 0 aliphatic rings. The Hall–Kier alpha value is -1.97. The van der Waals surface area contributed by atoms with Crippen molar-refractivity contribution < 1.29 is 4.42 Å². The van der Waals surface area contributed by atoms with Crippen molar-refractivity contribution in [3.05, 3.63) is 49.5 Å². The fourth-order valence-electron chi connectivity index (χ4n) is 1.78. The first kappa shape index (κ1) is 16.1. The first-order chi connectivity index (χ1) is 9.77. The molecule has 4 nitrogen and oxygen atoms in total. The molecular formula is C16H25N3O. The normalized spacial score (nSPS) is 11.2. The van der Waals surface area contributed by atoms with E-state index in [0.717, 1.165) is 37.5 Å². The van der Waals surface area contributed by atoms with E-state index in [2.05, 4.69) is 28.4 Å². The van der Waals surface area contributed by atoms with E-state index in [0.29, 0.717) is 13.1 Å². The molecule has 0 saturated heterocycles. The quantitative estimate of drug-likeness (QED) is 0.326. The molecule has 1 heterocycles. The van der Waals surface area contributed by atoms with Crippen molar-refractivity contribution in [2.45, 2.75) is 19.3 Å². The SMILES string of the molecule is C=CCCCN(C)C(=NCCc1ccco1)NCC=C. The Labute approximate surface area is 121 Å². The predicted octanol–water partition coefficient (Wildman–Crippen LogP) is 2.85. The van der Waals surface area contributed by atoms with Crippen molar-refractivity contribution in [2.24, 2.45) is 4.99 Å². The summed E-state index contributed by atoms with van der Waals surface area (Å²) in [5.41, 5.74) is 0. The maximum Gasteiger partial charge on any atom is 0.193 e. The summed E-state index contributed by atoms with van der Waals surface area (Å²) < 4.78 is 5.31. The molecule has 0 radical (unpaired) electrons. The number of hydrogen-bond acceptors (Lipinski definition) is 2. The van der Waals surface area contributed by atoms with E-state index in [1.165, 1.54) is 0 Å². The van der Waals surface area contributed by atoms with E-state index in [1.54, 1.807) is 6.26 Å². The summed E-state index contributed by atoms with van der Waals surface area (Å²) in [6, 6.07) is 3.87. The lowest BCUT2D eigenvalue weighted by Gasteiger charge is -2.21. The van der Waals surface area contributed by atoms with Crippen LogP contribution in [-0.2, 0) is 6.42 Å².